The number of dihydropyridines is 1. The Bertz CT molecular complexity index is 384. The van der Waals surface area contributed by atoms with Crippen LogP contribution in [-0.2, 0) is 5.54 Å². The van der Waals surface area contributed by atoms with E-state index < -0.39 is 5.54 Å². The number of pyridine rings is 1. The van der Waals surface area contributed by atoms with Crippen molar-refractivity contribution in [2.24, 2.45) is 0 Å². The van der Waals surface area contributed by atoms with Crippen LogP contribution in [0, 0.1) is 0 Å². The smallest absolute Gasteiger partial charge is 0.122 e. The number of rotatable bonds is 1. The molecule has 1 unspecified atom stereocenters. The zero-order chi connectivity index (χ0) is 10.0. The summed E-state index contributed by atoms with van der Waals surface area (Å²) in [6.45, 7) is 1.93. The lowest BCUT2D eigenvalue weighted by molar-refractivity contribution is 0.282. The zero-order valence-electron chi connectivity index (χ0n) is 7.94. The van der Waals surface area contributed by atoms with Crippen LogP contribution in [0.1, 0.15) is 12.5 Å². The van der Waals surface area contributed by atoms with Gasteiger partial charge in [-0.2, -0.15) is 0 Å². The first-order chi connectivity index (χ1) is 6.73. The Morgan fingerprint density at radius 2 is 2.07 bits per heavy atom. The molecule has 0 saturated carbocycles. The van der Waals surface area contributed by atoms with Crippen LogP contribution in [0.25, 0.3) is 0 Å². The number of hydrogen-bond donors (Lipinski definition) is 2. The van der Waals surface area contributed by atoms with Crippen LogP contribution in [0.2, 0.25) is 0 Å². The molecular formula is C11H12N2O. The molecule has 2 N–H and O–H groups in total. The van der Waals surface area contributed by atoms with Crippen LogP contribution < -0.4 is 5.32 Å². The molecule has 1 aliphatic rings. The van der Waals surface area contributed by atoms with Gasteiger partial charge in [-0.1, -0.05) is 0 Å². The van der Waals surface area contributed by atoms with Crippen molar-refractivity contribution in [3.8, 4) is 0 Å². The van der Waals surface area contributed by atoms with E-state index in [-0.39, 0.29) is 0 Å². The quantitative estimate of drug-likeness (QED) is 0.707. The highest BCUT2D eigenvalue weighted by molar-refractivity contribution is 5.34. The summed E-state index contributed by atoms with van der Waals surface area (Å²) in [7, 11) is 0. The van der Waals surface area contributed by atoms with Crippen molar-refractivity contribution in [3.63, 3.8) is 0 Å². The number of nitrogens with zero attached hydrogens (tertiary/aromatic N) is 1. The van der Waals surface area contributed by atoms with Crippen molar-refractivity contribution < 1.29 is 5.11 Å². The Labute approximate surface area is 82.8 Å². The molecule has 1 aromatic heterocycles. The predicted molar refractivity (Wildman–Crippen MR) is 54.6 cm³/mol. The van der Waals surface area contributed by atoms with Gasteiger partial charge in [-0.25, -0.2) is 0 Å². The summed E-state index contributed by atoms with van der Waals surface area (Å²) >= 11 is 0. The monoisotopic (exact) mass is 188 g/mol. The lowest BCUT2D eigenvalue weighted by atomic mass is 9.89. The highest BCUT2D eigenvalue weighted by atomic mass is 16.3. The molecule has 0 amide bonds. The summed E-state index contributed by atoms with van der Waals surface area (Å²) in [5, 5.41) is 12.9. The van der Waals surface area contributed by atoms with E-state index >= 15 is 0 Å². The minimum atomic E-state index is -0.530. The third kappa shape index (κ3) is 1.27. The van der Waals surface area contributed by atoms with E-state index in [1.54, 1.807) is 24.5 Å². The van der Waals surface area contributed by atoms with Crippen LogP contribution in [0.3, 0.4) is 0 Å². The molecule has 0 spiro atoms. The van der Waals surface area contributed by atoms with Gasteiger partial charge in [-0.3, -0.25) is 4.98 Å². The van der Waals surface area contributed by atoms with Crippen molar-refractivity contribution >= 4 is 0 Å². The van der Waals surface area contributed by atoms with Gasteiger partial charge in [0.2, 0.25) is 0 Å². The summed E-state index contributed by atoms with van der Waals surface area (Å²) in [6, 6.07) is 3.77. The molecule has 0 radical (unpaired) electrons. The number of aromatic nitrogens is 1. The fourth-order valence-electron chi connectivity index (χ4n) is 1.51. The van der Waals surface area contributed by atoms with Gasteiger partial charge in [0.1, 0.15) is 11.3 Å². The van der Waals surface area contributed by atoms with E-state index in [4.69, 9.17) is 0 Å². The third-order valence-corrected chi connectivity index (χ3v) is 2.49. The summed E-state index contributed by atoms with van der Waals surface area (Å²) in [4.78, 5) is 3.95. The van der Waals surface area contributed by atoms with Crippen molar-refractivity contribution in [1.82, 2.24) is 10.3 Å². The van der Waals surface area contributed by atoms with Crippen molar-refractivity contribution in [2.75, 3.05) is 0 Å². The van der Waals surface area contributed by atoms with Gasteiger partial charge in [-0.15, -0.1) is 0 Å². The molecule has 0 bridgehead atoms. The highest BCUT2D eigenvalue weighted by Gasteiger charge is 2.30. The second-order valence-corrected chi connectivity index (χ2v) is 3.42. The van der Waals surface area contributed by atoms with Gasteiger partial charge in [0.05, 0.1) is 0 Å². The maximum atomic E-state index is 9.81. The number of aliphatic hydroxyl groups excluding tert-OH is 1. The standard InChI is InChI=1S/C11H12N2O/c1-11(9-4-7-12-8-5-9)10(14)3-2-6-13-11/h2-8,13-14H,1H3. The second-order valence-electron chi connectivity index (χ2n) is 3.42. The third-order valence-electron chi connectivity index (χ3n) is 2.49. The average molecular weight is 188 g/mol. The van der Waals surface area contributed by atoms with Gasteiger partial charge < -0.3 is 10.4 Å². The SMILES string of the molecule is CC1(c2ccncc2)NC=CC=C1O. The lowest BCUT2D eigenvalue weighted by Gasteiger charge is -2.31. The fourth-order valence-corrected chi connectivity index (χ4v) is 1.51. The lowest BCUT2D eigenvalue weighted by Crippen LogP contribution is -2.39. The highest BCUT2D eigenvalue weighted by Crippen LogP contribution is 2.28. The minimum absolute atomic E-state index is 0.311. The van der Waals surface area contributed by atoms with Gasteiger partial charge >= 0.3 is 0 Å². The van der Waals surface area contributed by atoms with E-state index in [9.17, 15) is 5.11 Å². The zero-order valence-corrected chi connectivity index (χ0v) is 7.94. The van der Waals surface area contributed by atoms with Crippen LogP contribution in [0.5, 0.6) is 0 Å². The van der Waals surface area contributed by atoms with Crippen LogP contribution in [0.4, 0.5) is 0 Å². The molecule has 0 saturated heterocycles. The molecular weight excluding hydrogens is 176 g/mol. The summed E-state index contributed by atoms with van der Waals surface area (Å²) in [5.41, 5.74) is 0.461. The van der Waals surface area contributed by atoms with E-state index in [2.05, 4.69) is 10.3 Å². The molecule has 2 rings (SSSR count). The largest absolute Gasteiger partial charge is 0.509 e. The molecule has 0 fully saturated rings. The molecule has 3 heteroatoms. The van der Waals surface area contributed by atoms with Crippen LogP contribution in [-0.4, -0.2) is 10.1 Å². The average Bonchev–Trinajstić information content (AvgIpc) is 2.24. The minimum Gasteiger partial charge on any atom is -0.509 e. The number of aliphatic hydroxyl groups is 1. The second kappa shape index (κ2) is 3.18. The molecule has 1 aliphatic heterocycles. The van der Waals surface area contributed by atoms with Gasteiger partial charge in [-0.05, 0) is 43.0 Å². The Morgan fingerprint density at radius 1 is 1.36 bits per heavy atom. The van der Waals surface area contributed by atoms with Crippen LogP contribution >= 0.6 is 0 Å². The van der Waals surface area contributed by atoms with E-state index in [1.807, 2.05) is 25.3 Å². The first-order valence-corrected chi connectivity index (χ1v) is 4.48. The van der Waals surface area contributed by atoms with Crippen molar-refractivity contribution in [2.45, 2.75) is 12.5 Å². The Kier molecular flexibility index (Phi) is 2.00. The summed E-state index contributed by atoms with van der Waals surface area (Å²) in [5.74, 6) is 0.311. The van der Waals surface area contributed by atoms with Gasteiger partial charge in [0.15, 0.2) is 0 Å². The van der Waals surface area contributed by atoms with Gasteiger partial charge in [0.25, 0.3) is 0 Å². The van der Waals surface area contributed by atoms with Crippen LogP contribution in [0.15, 0.2) is 48.6 Å². The number of allylic oxidation sites excluding steroid dienone is 2. The normalized spacial score (nSPS) is 25.4. The summed E-state index contributed by atoms with van der Waals surface area (Å²) < 4.78 is 0. The van der Waals surface area contributed by atoms with E-state index in [0.29, 0.717) is 5.76 Å². The molecule has 1 aromatic rings. The molecule has 0 aromatic carbocycles. The maximum Gasteiger partial charge on any atom is 0.122 e. The molecule has 1 atom stereocenters. The number of hydrogen-bond acceptors (Lipinski definition) is 3. The molecule has 0 aliphatic carbocycles. The van der Waals surface area contributed by atoms with Gasteiger partial charge in [0, 0.05) is 12.4 Å². The topological polar surface area (TPSA) is 45.2 Å². The molecule has 3 nitrogen and oxygen atoms in total. The molecule has 2 heterocycles. The maximum absolute atomic E-state index is 9.81. The van der Waals surface area contributed by atoms with E-state index in [0.717, 1.165) is 5.56 Å². The Hall–Kier alpha value is -1.77. The van der Waals surface area contributed by atoms with Crippen molar-refractivity contribution in [1.29, 1.82) is 0 Å². The number of nitrogens with one attached hydrogen (secondary N) is 1. The predicted octanol–water partition coefficient (Wildman–Crippen LogP) is 1.86. The first kappa shape index (κ1) is 8.81. The molecule has 72 valence electrons. The summed E-state index contributed by atoms with van der Waals surface area (Å²) in [6.07, 6.45) is 8.72. The Balaban J connectivity index is 2.43. The first-order valence-electron chi connectivity index (χ1n) is 4.48. The molecule has 14 heavy (non-hydrogen) atoms. The van der Waals surface area contributed by atoms with E-state index in [1.165, 1.54) is 0 Å². The fraction of sp³-hybridized carbons (Fsp3) is 0.182. The Morgan fingerprint density at radius 3 is 2.71 bits per heavy atom. The van der Waals surface area contributed by atoms with Crippen molar-refractivity contribution in [3.05, 3.63) is 54.2 Å².